The van der Waals surface area contributed by atoms with E-state index in [0.717, 1.165) is 41.1 Å². The first-order valence-electron chi connectivity index (χ1n) is 11.6. The average molecular weight is 496 g/mol. The predicted octanol–water partition coefficient (Wildman–Crippen LogP) is 3.53. The average Bonchev–Trinajstić information content (AvgIpc) is 3.35. The predicted molar refractivity (Wildman–Crippen MR) is 134 cm³/mol. The molecule has 2 aromatic rings. The van der Waals surface area contributed by atoms with Gasteiger partial charge in [-0.1, -0.05) is 33.7 Å². The SMILES string of the molecule is COC1(c2ccc(C)c(Cc3ccc(C4=CC=C(N)CC4)[nH]3)c2)OC(CN=O)[C@@H](N=O)[C@H](N=O)[C@H]1O. The normalized spacial score (nSPS) is 28.2. The summed E-state index contributed by atoms with van der Waals surface area (Å²) in [6, 6.07) is 6.56. The number of nitrogens with one attached hydrogen (secondary N) is 1. The molecule has 1 aliphatic carbocycles. The molecule has 0 bridgehead atoms. The van der Waals surface area contributed by atoms with Crippen LogP contribution in [0.3, 0.4) is 0 Å². The molecular weight excluding hydrogens is 466 g/mol. The number of methoxy groups -OCH3 is 1. The van der Waals surface area contributed by atoms with Crippen molar-refractivity contribution in [2.24, 2.45) is 21.3 Å². The maximum Gasteiger partial charge on any atom is 0.224 e. The highest BCUT2D eigenvalue weighted by Crippen LogP contribution is 2.42. The summed E-state index contributed by atoms with van der Waals surface area (Å²) < 4.78 is 11.6. The number of aliphatic hydroxyl groups is 1. The number of nitrogens with zero attached hydrogens (tertiary/aromatic N) is 3. The molecule has 11 nitrogen and oxygen atoms in total. The van der Waals surface area contributed by atoms with Gasteiger partial charge in [0.1, 0.15) is 24.8 Å². The Bertz CT molecular complexity index is 1210. The van der Waals surface area contributed by atoms with Crippen molar-refractivity contribution in [3.8, 4) is 0 Å². The van der Waals surface area contributed by atoms with Crippen molar-refractivity contribution in [2.45, 2.75) is 56.3 Å². The number of aromatic amines is 1. The van der Waals surface area contributed by atoms with E-state index in [1.807, 2.05) is 43.3 Å². The van der Waals surface area contributed by atoms with Crippen LogP contribution in [0.5, 0.6) is 0 Å². The fraction of sp³-hybridized carbons (Fsp3) is 0.440. The van der Waals surface area contributed by atoms with Gasteiger partial charge in [-0.2, -0.15) is 14.7 Å². The standard InChI is InChI=1S/C25H29N5O6/c1-14-3-6-17(25(35-2)24(31)23(30-34)22(29-33)21(36-25)13-27-32)11-16(14)12-19-9-10-20(28-19)15-4-7-18(26)8-5-15/h3-4,6-7,9-11,21-24,28,31H,5,8,12-13,26H2,1-2H3/t21?,22-,23+,24-,25?/m1/s1. The summed E-state index contributed by atoms with van der Waals surface area (Å²) in [6.07, 6.45) is 3.35. The molecule has 0 spiro atoms. The molecule has 11 heteroatoms. The third kappa shape index (κ3) is 4.64. The summed E-state index contributed by atoms with van der Waals surface area (Å²) in [6.45, 7) is 1.50. The summed E-state index contributed by atoms with van der Waals surface area (Å²) in [5, 5.41) is 19.7. The first-order chi connectivity index (χ1) is 17.4. The highest BCUT2D eigenvalue weighted by Gasteiger charge is 2.57. The largest absolute Gasteiger partial charge is 0.402 e. The van der Waals surface area contributed by atoms with E-state index in [2.05, 4.69) is 20.5 Å². The number of aryl methyl sites for hydroxylation is 1. The van der Waals surface area contributed by atoms with Crippen molar-refractivity contribution in [3.05, 3.63) is 91.0 Å². The lowest BCUT2D eigenvalue weighted by atomic mass is 9.84. The highest BCUT2D eigenvalue weighted by molar-refractivity contribution is 5.66. The second-order valence-corrected chi connectivity index (χ2v) is 9.13. The van der Waals surface area contributed by atoms with Gasteiger partial charge < -0.3 is 25.3 Å². The van der Waals surface area contributed by atoms with Gasteiger partial charge in [-0.25, -0.2) is 0 Å². The van der Waals surface area contributed by atoms with Crippen LogP contribution in [-0.2, 0) is 21.7 Å². The van der Waals surface area contributed by atoms with Gasteiger partial charge in [0.25, 0.3) is 0 Å². The fourth-order valence-corrected chi connectivity index (χ4v) is 4.88. The summed E-state index contributed by atoms with van der Waals surface area (Å²) >= 11 is 0. The zero-order valence-electron chi connectivity index (χ0n) is 20.1. The lowest BCUT2D eigenvalue weighted by Crippen LogP contribution is -2.62. The smallest absolute Gasteiger partial charge is 0.224 e. The van der Waals surface area contributed by atoms with Crippen molar-refractivity contribution >= 4 is 5.57 Å². The van der Waals surface area contributed by atoms with E-state index >= 15 is 0 Å². The summed E-state index contributed by atoms with van der Waals surface area (Å²) in [5.41, 5.74) is 12.2. The summed E-state index contributed by atoms with van der Waals surface area (Å²) in [4.78, 5) is 37.4. The van der Waals surface area contributed by atoms with E-state index in [1.165, 1.54) is 12.7 Å². The zero-order chi connectivity index (χ0) is 25.9. The van der Waals surface area contributed by atoms with Crippen LogP contribution in [0.4, 0.5) is 0 Å². The second kappa shape index (κ2) is 10.6. The Morgan fingerprint density at radius 1 is 1.14 bits per heavy atom. The molecule has 36 heavy (non-hydrogen) atoms. The Kier molecular flexibility index (Phi) is 7.53. The number of nitroso groups, excluding NO2 is 3. The Hall–Kier alpha value is -3.54. The van der Waals surface area contributed by atoms with Gasteiger partial charge in [-0.15, -0.1) is 0 Å². The summed E-state index contributed by atoms with van der Waals surface area (Å²) in [7, 11) is 1.31. The minimum absolute atomic E-state index is 0.411. The fourth-order valence-electron chi connectivity index (χ4n) is 4.88. The van der Waals surface area contributed by atoms with Crippen LogP contribution in [0.2, 0.25) is 0 Å². The van der Waals surface area contributed by atoms with Crippen molar-refractivity contribution in [1.82, 2.24) is 4.98 Å². The molecule has 4 N–H and O–H groups in total. The Morgan fingerprint density at radius 2 is 1.92 bits per heavy atom. The number of hydrogen-bond acceptors (Lipinski definition) is 10. The molecule has 1 aromatic carbocycles. The van der Waals surface area contributed by atoms with Crippen LogP contribution in [0.25, 0.3) is 5.57 Å². The number of aliphatic hydroxyl groups excluding tert-OH is 1. The topological polar surface area (TPSA) is 169 Å². The molecular formula is C25H29N5O6. The van der Waals surface area contributed by atoms with Crippen molar-refractivity contribution in [3.63, 3.8) is 0 Å². The molecule has 190 valence electrons. The minimum Gasteiger partial charge on any atom is -0.402 e. The molecule has 2 heterocycles. The number of rotatable bonds is 9. The number of ether oxygens (including phenoxy) is 2. The number of H-pyrrole nitrogens is 1. The molecule has 1 aliphatic heterocycles. The number of nitrogens with two attached hydrogens (primary N) is 1. The van der Waals surface area contributed by atoms with Crippen LogP contribution in [-0.4, -0.2) is 48.0 Å². The molecule has 1 saturated heterocycles. The molecule has 0 saturated carbocycles. The molecule has 4 rings (SSSR count). The molecule has 0 amide bonds. The number of aromatic nitrogens is 1. The van der Waals surface area contributed by atoms with Gasteiger partial charge in [0.15, 0.2) is 6.04 Å². The van der Waals surface area contributed by atoms with Crippen molar-refractivity contribution < 1.29 is 14.6 Å². The Morgan fingerprint density at radius 3 is 2.56 bits per heavy atom. The van der Waals surface area contributed by atoms with E-state index in [-0.39, 0.29) is 0 Å². The molecule has 5 atom stereocenters. The van der Waals surface area contributed by atoms with Gasteiger partial charge in [0.05, 0.1) is 0 Å². The number of benzene rings is 1. The first kappa shape index (κ1) is 25.5. The minimum atomic E-state index is -1.85. The van der Waals surface area contributed by atoms with Gasteiger partial charge in [0.2, 0.25) is 5.79 Å². The van der Waals surface area contributed by atoms with Gasteiger partial charge in [-0.3, -0.25) is 0 Å². The van der Waals surface area contributed by atoms with Crippen LogP contribution in [0.1, 0.15) is 40.9 Å². The Balaban J connectivity index is 1.67. The van der Waals surface area contributed by atoms with Gasteiger partial charge in [-0.05, 0) is 60.7 Å². The second-order valence-electron chi connectivity index (χ2n) is 9.13. The lowest BCUT2D eigenvalue weighted by molar-refractivity contribution is -0.327. The number of allylic oxidation sites excluding steroid dienone is 4. The highest BCUT2D eigenvalue weighted by atomic mass is 16.7. The van der Waals surface area contributed by atoms with E-state index in [9.17, 15) is 19.8 Å². The molecule has 2 unspecified atom stereocenters. The van der Waals surface area contributed by atoms with Crippen LogP contribution in [0, 0.1) is 21.6 Å². The quantitative estimate of drug-likeness (QED) is 0.447. The van der Waals surface area contributed by atoms with E-state index in [4.69, 9.17) is 15.2 Å². The van der Waals surface area contributed by atoms with Crippen molar-refractivity contribution in [1.29, 1.82) is 0 Å². The number of hydrogen-bond donors (Lipinski definition) is 3. The van der Waals surface area contributed by atoms with Crippen LogP contribution < -0.4 is 5.73 Å². The molecule has 2 aliphatic rings. The van der Waals surface area contributed by atoms with E-state index in [0.29, 0.717) is 12.0 Å². The summed E-state index contributed by atoms with van der Waals surface area (Å²) in [5.74, 6) is -1.85. The maximum atomic E-state index is 11.6. The molecule has 1 fully saturated rings. The maximum absolute atomic E-state index is 11.6. The van der Waals surface area contributed by atoms with Gasteiger partial charge in [0, 0.05) is 36.2 Å². The van der Waals surface area contributed by atoms with E-state index < -0.39 is 36.6 Å². The van der Waals surface area contributed by atoms with Crippen molar-refractivity contribution in [2.75, 3.05) is 13.7 Å². The van der Waals surface area contributed by atoms with Gasteiger partial charge >= 0.3 is 0 Å². The monoisotopic (exact) mass is 495 g/mol. The van der Waals surface area contributed by atoms with Crippen LogP contribution in [0.15, 0.2) is 63.7 Å². The third-order valence-electron chi connectivity index (χ3n) is 6.98. The van der Waals surface area contributed by atoms with Crippen LogP contribution >= 0.6 is 0 Å². The Labute approximate surface area is 207 Å². The lowest BCUT2D eigenvalue weighted by Gasteiger charge is -2.46. The molecule has 1 aromatic heterocycles. The zero-order valence-corrected chi connectivity index (χ0v) is 20.1. The third-order valence-corrected chi connectivity index (χ3v) is 6.98. The molecule has 0 radical (unpaired) electrons. The van der Waals surface area contributed by atoms with E-state index in [1.54, 1.807) is 6.07 Å². The first-order valence-corrected chi connectivity index (χ1v) is 11.6.